The number of amides is 2. The molecule has 3 aromatic rings. The zero-order valence-corrected chi connectivity index (χ0v) is 13.3. The van der Waals surface area contributed by atoms with Crippen molar-refractivity contribution in [1.29, 1.82) is 0 Å². The molecule has 24 heavy (non-hydrogen) atoms. The first-order chi connectivity index (χ1) is 11.7. The first-order valence-electron chi connectivity index (χ1n) is 7.24. The van der Waals surface area contributed by atoms with Gasteiger partial charge in [-0.05, 0) is 24.3 Å². The summed E-state index contributed by atoms with van der Waals surface area (Å²) >= 11 is 5.94. The van der Waals surface area contributed by atoms with E-state index in [-0.39, 0.29) is 6.03 Å². The number of pyridine rings is 1. The Kier molecular flexibility index (Phi) is 5.02. The van der Waals surface area contributed by atoms with Crippen LogP contribution in [0.2, 0.25) is 5.02 Å². The zero-order valence-electron chi connectivity index (χ0n) is 12.6. The van der Waals surface area contributed by atoms with Gasteiger partial charge in [0.05, 0.1) is 0 Å². The van der Waals surface area contributed by atoms with Crippen LogP contribution in [0.1, 0.15) is 5.89 Å². The van der Waals surface area contributed by atoms with Crippen molar-refractivity contribution in [2.75, 3.05) is 11.9 Å². The number of urea groups is 1. The van der Waals surface area contributed by atoms with Crippen molar-refractivity contribution in [2.45, 2.75) is 6.42 Å². The smallest absolute Gasteiger partial charge is 0.319 e. The van der Waals surface area contributed by atoms with E-state index in [4.69, 9.17) is 16.1 Å². The van der Waals surface area contributed by atoms with Crippen molar-refractivity contribution in [3.63, 3.8) is 0 Å². The van der Waals surface area contributed by atoms with Crippen LogP contribution >= 0.6 is 11.6 Å². The molecule has 0 unspecified atom stereocenters. The van der Waals surface area contributed by atoms with E-state index >= 15 is 0 Å². The van der Waals surface area contributed by atoms with Gasteiger partial charge in [-0.3, -0.25) is 4.98 Å². The maximum atomic E-state index is 11.7. The Hall–Kier alpha value is -2.93. The van der Waals surface area contributed by atoms with Gasteiger partial charge in [-0.1, -0.05) is 28.9 Å². The lowest BCUT2D eigenvalue weighted by Crippen LogP contribution is -2.30. The van der Waals surface area contributed by atoms with Gasteiger partial charge in [0.2, 0.25) is 11.7 Å². The van der Waals surface area contributed by atoms with E-state index < -0.39 is 0 Å². The van der Waals surface area contributed by atoms with Gasteiger partial charge in [0.15, 0.2) is 0 Å². The fourth-order valence-electron chi connectivity index (χ4n) is 1.99. The molecule has 0 spiro atoms. The highest BCUT2D eigenvalue weighted by atomic mass is 35.5. The summed E-state index contributed by atoms with van der Waals surface area (Å²) in [5.74, 6) is 0.905. The predicted octanol–water partition coefficient (Wildman–Crippen LogP) is 3.15. The highest BCUT2D eigenvalue weighted by Gasteiger charge is 2.09. The maximum absolute atomic E-state index is 11.7. The lowest BCUT2D eigenvalue weighted by Gasteiger charge is -2.05. The average molecular weight is 344 g/mol. The van der Waals surface area contributed by atoms with Crippen LogP contribution < -0.4 is 10.6 Å². The molecule has 122 valence electrons. The van der Waals surface area contributed by atoms with Crippen LogP contribution in [0.5, 0.6) is 0 Å². The molecule has 0 radical (unpaired) electrons. The van der Waals surface area contributed by atoms with Gasteiger partial charge < -0.3 is 15.2 Å². The minimum absolute atomic E-state index is 0.309. The monoisotopic (exact) mass is 343 g/mol. The number of carbonyl (C=O) groups is 1. The van der Waals surface area contributed by atoms with E-state index in [0.29, 0.717) is 35.4 Å². The second-order valence-electron chi connectivity index (χ2n) is 4.89. The molecule has 0 bridgehead atoms. The summed E-state index contributed by atoms with van der Waals surface area (Å²) in [6.45, 7) is 0.369. The number of halogens is 1. The van der Waals surface area contributed by atoms with Crippen LogP contribution in [0.4, 0.5) is 10.5 Å². The molecule has 0 atom stereocenters. The fourth-order valence-corrected chi connectivity index (χ4v) is 2.19. The van der Waals surface area contributed by atoms with Crippen molar-refractivity contribution >= 4 is 23.3 Å². The quantitative estimate of drug-likeness (QED) is 0.742. The van der Waals surface area contributed by atoms with E-state index in [2.05, 4.69) is 25.8 Å². The molecule has 0 fully saturated rings. The highest BCUT2D eigenvalue weighted by molar-refractivity contribution is 6.30. The van der Waals surface area contributed by atoms with Crippen LogP contribution in [0.25, 0.3) is 11.4 Å². The molecule has 0 saturated heterocycles. The Morgan fingerprint density at radius 1 is 1.21 bits per heavy atom. The number of benzene rings is 1. The Morgan fingerprint density at radius 3 is 2.83 bits per heavy atom. The van der Waals surface area contributed by atoms with E-state index in [0.717, 1.165) is 5.56 Å². The third-order valence-electron chi connectivity index (χ3n) is 3.11. The highest BCUT2D eigenvalue weighted by Crippen LogP contribution is 2.19. The third kappa shape index (κ3) is 4.30. The summed E-state index contributed by atoms with van der Waals surface area (Å²) in [5.41, 5.74) is 1.45. The largest absolute Gasteiger partial charge is 0.339 e. The average Bonchev–Trinajstić information content (AvgIpc) is 3.05. The number of rotatable bonds is 5. The Morgan fingerprint density at radius 2 is 2.04 bits per heavy atom. The van der Waals surface area contributed by atoms with Gasteiger partial charge in [-0.25, -0.2) is 4.79 Å². The lowest BCUT2D eigenvalue weighted by atomic mass is 10.2. The van der Waals surface area contributed by atoms with Crippen molar-refractivity contribution < 1.29 is 9.32 Å². The van der Waals surface area contributed by atoms with Gasteiger partial charge in [0, 0.05) is 41.6 Å². The van der Waals surface area contributed by atoms with Crippen molar-refractivity contribution in [2.24, 2.45) is 0 Å². The van der Waals surface area contributed by atoms with Gasteiger partial charge in [-0.2, -0.15) is 4.98 Å². The van der Waals surface area contributed by atoms with E-state index in [1.54, 1.807) is 36.7 Å². The summed E-state index contributed by atoms with van der Waals surface area (Å²) in [5, 5.41) is 9.93. The molecule has 3 rings (SSSR count). The van der Waals surface area contributed by atoms with Crippen molar-refractivity contribution in [3.8, 4) is 11.4 Å². The molecule has 0 aliphatic rings. The number of hydrogen-bond acceptors (Lipinski definition) is 5. The number of nitrogens with one attached hydrogen (secondary N) is 2. The van der Waals surface area contributed by atoms with Crippen LogP contribution in [-0.2, 0) is 6.42 Å². The van der Waals surface area contributed by atoms with Gasteiger partial charge in [0.25, 0.3) is 0 Å². The minimum Gasteiger partial charge on any atom is -0.339 e. The summed E-state index contributed by atoms with van der Waals surface area (Å²) in [7, 11) is 0. The number of anilines is 1. The molecule has 2 amide bonds. The van der Waals surface area contributed by atoms with Crippen molar-refractivity contribution in [1.82, 2.24) is 20.4 Å². The second kappa shape index (κ2) is 7.56. The molecular formula is C16H14ClN5O2. The third-order valence-corrected chi connectivity index (χ3v) is 3.35. The fraction of sp³-hybridized carbons (Fsp3) is 0.125. The van der Waals surface area contributed by atoms with E-state index in [1.807, 2.05) is 12.1 Å². The van der Waals surface area contributed by atoms with E-state index in [1.165, 1.54) is 0 Å². The molecule has 2 heterocycles. The predicted molar refractivity (Wildman–Crippen MR) is 89.7 cm³/mol. The maximum Gasteiger partial charge on any atom is 0.319 e. The second-order valence-corrected chi connectivity index (χ2v) is 5.33. The van der Waals surface area contributed by atoms with Crippen LogP contribution in [0.15, 0.2) is 53.3 Å². The van der Waals surface area contributed by atoms with Crippen molar-refractivity contribution in [3.05, 3.63) is 59.7 Å². The summed E-state index contributed by atoms with van der Waals surface area (Å²) < 4.78 is 5.17. The van der Waals surface area contributed by atoms with Crippen LogP contribution in [0, 0.1) is 0 Å². The SMILES string of the molecule is O=C(NCCc1nc(-c2cccc(Cl)c2)no1)Nc1ccncc1. The first kappa shape index (κ1) is 15.9. The molecule has 8 heteroatoms. The first-order valence-corrected chi connectivity index (χ1v) is 7.62. The Bertz CT molecular complexity index is 822. The number of nitrogens with zero attached hydrogens (tertiary/aromatic N) is 3. The summed E-state index contributed by atoms with van der Waals surface area (Å²) in [4.78, 5) is 19.9. The molecule has 0 aliphatic heterocycles. The Labute approximate surface area is 143 Å². The normalized spacial score (nSPS) is 10.4. The molecule has 1 aromatic carbocycles. The molecule has 2 N–H and O–H groups in total. The number of hydrogen-bond donors (Lipinski definition) is 2. The van der Waals surface area contributed by atoms with Gasteiger partial charge in [-0.15, -0.1) is 0 Å². The number of carbonyl (C=O) groups excluding carboxylic acids is 1. The molecular weight excluding hydrogens is 330 g/mol. The summed E-state index contributed by atoms with van der Waals surface area (Å²) in [6.07, 6.45) is 3.63. The standard InChI is InChI=1S/C16H14ClN5O2/c17-12-3-1-2-11(10-12)15-21-14(24-22-15)6-9-19-16(23)20-13-4-7-18-8-5-13/h1-5,7-8,10H,6,9H2,(H2,18,19,20,23). The molecule has 2 aromatic heterocycles. The minimum atomic E-state index is -0.309. The van der Waals surface area contributed by atoms with E-state index in [9.17, 15) is 4.79 Å². The lowest BCUT2D eigenvalue weighted by molar-refractivity contribution is 0.252. The van der Waals surface area contributed by atoms with Crippen LogP contribution in [-0.4, -0.2) is 27.7 Å². The summed E-state index contributed by atoms with van der Waals surface area (Å²) in [6, 6.07) is 10.3. The zero-order chi connectivity index (χ0) is 16.8. The molecule has 0 aliphatic carbocycles. The van der Waals surface area contributed by atoms with Crippen LogP contribution in [0.3, 0.4) is 0 Å². The molecule has 0 saturated carbocycles. The Balaban J connectivity index is 1.50. The van der Waals surface area contributed by atoms with Gasteiger partial charge in [0.1, 0.15) is 0 Å². The molecule has 7 nitrogen and oxygen atoms in total. The number of aromatic nitrogens is 3. The topological polar surface area (TPSA) is 92.9 Å². The van der Waals surface area contributed by atoms with Gasteiger partial charge >= 0.3 is 6.03 Å².